The summed E-state index contributed by atoms with van der Waals surface area (Å²) < 4.78 is 33.2. The number of hydrogen-bond acceptors (Lipinski definition) is 2. The summed E-state index contributed by atoms with van der Waals surface area (Å²) in [5.41, 5.74) is 1.66. The fourth-order valence-electron chi connectivity index (χ4n) is 3.69. The Morgan fingerprint density at radius 1 is 0.963 bits per heavy atom. The molecule has 142 valence electrons. The Kier molecular flexibility index (Phi) is 5.21. The zero-order valence-electron chi connectivity index (χ0n) is 15.1. The van der Waals surface area contributed by atoms with Crippen LogP contribution in [0.25, 0.3) is 0 Å². The number of rotatable bonds is 7. The van der Waals surface area contributed by atoms with Crippen molar-refractivity contribution in [3.63, 3.8) is 0 Å². The Labute approximate surface area is 157 Å². The summed E-state index contributed by atoms with van der Waals surface area (Å²) in [7, 11) is 0. The smallest absolute Gasteiger partial charge is 0.223 e. The number of halogens is 2. The Balaban J connectivity index is 1.72. The van der Waals surface area contributed by atoms with Gasteiger partial charge < -0.3 is 9.64 Å². The highest BCUT2D eigenvalue weighted by Crippen LogP contribution is 2.41. The van der Waals surface area contributed by atoms with E-state index >= 15 is 0 Å². The quantitative estimate of drug-likeness (QED) is 0.700. The molecule has 0 aromatic heterocycles. The van der Waals surface area contributed by atoms with E-state index in [0.717, 1.165) is 30.4 Å². The average Bonchev–Trinajstić information content (AvgIpc) is 3.41. The summed E-state index contributed by atoms with van der Waals surface area (Å²) in [6.45, 7) is 1.26. The highest BCUT2D eigenvalue weighted by molar-refractivity contribution is 5.78. The van der Waals surface area contributed by atoms with Gasteiger partial charge in [0.25, 0.3) is 0 Å². The van der Waals surface area contributed by atoms with Crippen molar-refractivity contribution in [2.45, 2.75) is 37.8 Å². The first kappa shape index (κ1) is 18.1. The van der Waals surface area contributed by atoms with Gasteiger partial charge in [-0.25, -0.2) is 8.78 Å². The highest BCUT2D eigenvalue weighted by Gasteiger charge is 2.37. The van der Waals surface area contributed by atoms with Crippen LogP contribution in [-0.4, -0.2) is 24.0 Å². The molecule has 4 rings (SSSR count). The Morgan fingerprint density at radius 3 is 2.07 bits per heavy atom. The topological polar surface area (TPSA) is 29.5 Å². The van der Waals surface area contributed by atoms with Crippen LogP contribution in [0, 0.1) is 17.6 Å². The fraction of sp³-hybridized carbons (Fsp3) is 0.409. The van der Waals surface area contributed by atoms with Gasteiger partial charge in [0.05, 0.1) is 12.6 Å². The molecule has 2 aliphatic rings. The summed E-state index contributed by atoms with van der Waals surface area (Å²) in [6, 6.07) is 12.1. The molecule has 1 unspecified atom stereocenters. The van der Waals surface area contributed by atoms with Gasteiger partial charge in [-0.2, -0.15) is 0 Å². The predicted octanol–water partition coefficient (Wildman–Crippen LogP) is 4.80. The van der Waals surface area contributed by atoms with Gasteiger partial charge in [-0.15, -0.1) is 0 Å². The van der Waals surface area contributed by atoms with Crippen LogP contribution in [-0.2, 0) is 9.53 Å². The number of nitrogens with zero attached hydrogens (tertiary/aromatic N) is 1. The van der Waals surface area contributed by atoms with E-state index in [4.69, 9.17) is 4.74 Å². The first-order valence-corrected chi connectivity index (χ1v) is 9.54. The average molecular weight is 371 g/mol. The molecule has 1 aliphatic carbocycles. The van der Waals surface area contributed by atoms with Crippen LogP contribution in [0.1, 0.15) is 49.0 Å². The van der Waals surface area contributed by atoms with Crippen molar-refractivity contribution in [1.29, 1.82) is 0 Å². The van der Waals surface area contributed by atoms with Gasteiger partial charge in [-0.3, -0.25) is 4.79 Å². The molecule has 1 saturated heterocycles. The standard InChI is InChI=1S/C22H23F2NO2/c23-18-9-5-16(6-10-18)21(25-13-1-2-20(25)26)22(27-14-15-3-4-15)17-7-11-19(24)12-8-17/h5-12,15,21-22H,1-4,13-14H2/t21?,22-/m0/s1. The summed E-state index contributed by atoms with van der Waals surface area (Å²) in [6.07, 6.45) is 3.20. The van der Waals surface area contributed by atoms with Gasteiger partial charge >= 0.3 is 0 Å². The van der Waals surface area contributed by atoms with Crippen molar-refractivity contribution in [2.24, 2.45) is 5.92 Å². The Hall–Kier alpha value is -2.27. The lowest BCUT2D eigenvalue weighted by molar-refractivity contribution is -0.133. The summed E-state index contributed by atoms with van der Waals surface area (Å²) in [5.74, 6) is 0.000285. The lowest BCUT2D eigenvalue weighted by atomic mass is 9.94. The second-order valence-electron chi connectivity index (χ2n) is 7.44. The summed E-state index contributed by atoms with van der Waals surface area (Å²) >= 11 is 0. The largest absolute Gasteiger partial charge is 0.371 e. The van der Waals surface area contributed by atoms with Crippen molar-refractivity contribution in [1.82, 2.24) is 4.90 Å². The van der Waals surface area contributed by atoms with Crippen molar-refractivity contribution in [3.8, 4) is 0 Å². The van der Waals surface area contributed by atoms with E-state index in [1.54, 1.807) is 24.3 Å². The maximum absolute atomic E-state index is 13.5. The van der Waals surface area contributed by atoms with Crippen molar-refractivity contribution in [2.75, 3.05) is 13.2 Å². The second-order valence-corrected chi connectivity index (χ2v) is 7.44. The van der Waals surface area contributed by atoms with Crippen LogP contribution < -0.4 is 0 Å². The molecule has 1 saturated carbocycles. The van der Waals surface area contributed by atoms with E-state index in [0.29, 0.717) is 25.5 Å². The van der Waals surface area contributed by atoms with E-state index in [1.807, 2.05) is 4.90 Å². The van der Waals surface area contributed by atoms with Crippen molar-refractivity contribution >= 4 is 5.91 Å². The molecule has 0 N–H and O–H groups in total. The van der Waals surface area contributed by atoms with Gasteiger partial charge in [0.15, 0.2) is 0 Å². The van der Waals surface area contributed by atoms with E-state index in [-0.39, 0.29) is 23.6 Å². The molecule has 1 aliphatic heterocycles. The normalized spacial score (nSPS) is 19.3. The van der Waals surface area contributed by atoms with Crippen molar-refractivity contribution in [3.05, 3.63) is 71.3 Å². The minimum Gasteiger partial charge on any atom is -0.371 e. The second kappa shape index (κ2) is 7.77. The monoisotopic (exact) mass is 371 g/mol. The van der Waals surface area contributed by atoms with Crippen LogP contribution in [0.2, 0.25) is 0 Å². The molecule has 5 heteroatoms. The molecular weight excluding hydrogens is 348 g/mol. The van der Waals surface area contributed by atoms with E-state index in [1.165, 1.54) is 24.3 Å². The number of carbonyl (C=O) groups excluding carboxylic acids is 1. The summed E-state index contributed by atoms with van der Waals surface area (Å²) in [4.78, 5) is 14.4. The molecular formula is C22H23F2NO2. The molecule has 1 heterocycles. The molecule has 0 bridgehead atoms. The number of carbonyl (C=O) groups is 1. The first-order chi connectivity index (χ1) is 13.1. The molecule has 0 spiro atoms. The molecule has 0 radical (unpaired) electrons. The Bertz CT molecular complexity index is 787. The van der Waals surface area contributed by atoms with Crippen molar-refractivity contribution < 1.29 is 18.3 Å². The van der Waals surface area contributed by atoms with Crippen LogP contribution in [0.15, 0.2) is 48.5 Å². The number of amides is 1. The van der Waals surface area contributed by atoms with E-state index in [2.05, 4.69) is 0 Å². The number of benzene rings is 2. The maximum Gasteiger partial charge on any atom is 0.223 e. The lowest BCUT2D eigenvalue weighted by Crippen LogP contribution is -2.35. The minimum absolute atomic E-state index is 0.0754. The van der Waals surface area contributed by atoms with Gasteiger partial charge in [0, 0.05) is 13.0 Å². The molecule has 2 fully saturated rings. The van der Waals surface area contributed by atoms with Crippen LogP contribution in [0.3, 0.4) is 0 Å². The molecule has 1 amide bonds. The number of ether oxygens (including phenoxy) is 1. The maximum atomic E-state index is 13.5. The first-order valence-electron chi connectivity index (χ1n) is 9.54. The van der Waals surface area contributed by atoms with Crippen LogP contribution in [0.4, 0.5) is 8.78 Å². The molecule has 2 atom stereocenters. The molecule has 2 aromatic rings. The minimum atomic E-state index is -0.418. The zero-order chi connectivity index (χ0) is 18.8. The Morgan fingerprint density at radius 2 is 1.56 bits per heavy atom. The van der Waals surface area contributed by atoms with Gasteiger partial charge in [0.1, 0.15) is 17.7 Å². The fourth-order valence-corrected chi connectivity index (χ4v) is 3.69. The molecule has 2 aromatic carbocycles. The van der Waals surface area contributed by atoms with Crippen LogP contribution in [0.5, 0.6) is 0 Å². The van der Waals surface area contributed by atoms with E-state index in [9.17, 15) is 13.6 Å². The van der Waals surface area contributed by atoms with Gasteiger partial charge in [-0.05, 0) is 60.6 Å². The molecule has 3 nitrogen and oxygen atoms in total. The van der Waals surface area contributed by atoms with Gasteiger partial charge in [0.2, 0.25) is 5.91 Å². The summed E-state index contributed by atoms with van der Waals surface area (Å²) in [5, 5.41) is 0. The third kappa shape index (κ3) is 4.19. The number of likely N-dealkylation sites (tertiary alicyclic amines) is 1. The van der Waals surface area contributed by atoms with Gasteiger partial charge in [-0.1, -0.05) is 24.3 Å². The van der Waals surface area contributed by atoms with E-state index < -0.39 is 6.10 Å². The molecule has 27 heavy (non-hydrogen) atoms. The number of hydrogen-bond donors (Lipinski definition) is 0. The third-order valence-corrected chi connectivity index (χ3v) is 5.35. The zero-order valence-corrected chi connectivity index (χ0v) is 15.1. The SMILES string of the molecule is O=C1CCCN1C(c1ccc(F)cc1)[C@@H](OCC1CC1)c1ccc(F)cc1. The highest BCUT2D eigenvalue weighted by atomic mass is 19.1. The third-order valence-electron chi connectivity index (χ3n) is 5.35. The predicted molar refractivity (Wildman–Crippen MR) is 97.9 cm³/mol. The lowest BCUT2D eigenvalue weighted by Gasteiger charge is -2.35. The van der Waals surface area contributed by atoms with Crippen LogP contribution >= 0.6 is 0 Å².